The minimum Gasteiger partial charge on any atom is -0.481 e. The molecule has 0 fully saturated rings. The van der Waals surface area contributed by atoms with Crippen LogP contribution in [0.3, 0.4) is 0 Å². The van der Waals surface area contributed by atoms with E-state index in [1.54, 1.807) is 0 Å². The summed E-state index contributed by atoms with van der Waals surface area (Å²) in [5, 5.41) is 18.7. The van der Waals surface area contributed by atoms with Gasteiger partial charge in [-0.05, 0) is 58.2 Å². The molecule has 1 unspecified atom stereocenters. The van der Waals surface area contributed by atoms with Gasteiger partial charge in [0, 0.05) is 6.42 Å². The molecule has 0 saturated heterocycles. The number of carbonyl (C=O) groups is 2. The molecule has 0 aliphatic rings. The predicted octanol–water partition coefficient (Wildman–Crippen LogP) is 9.32. The van der Waals surface area contributed by atoms with E-state index in [4.69, 9.17) is 13.3 Å². The number of carboxylic acids is 2. The fourth-order valence-corrected chi connectivity index (χ4v) is 19.9. The maximum Gasteiger partial charge on any atom is 0.311 e. The van der Waals surface area contributed by atoms with E-state index in [1.807, 2.05) is 0 Å². The van der Waals surface area contributed by atoms with E-state index >= 15 is 0 Å². The minimum absolute atomic E-state index is 0.291. The molecule has 9 heteroatoms. The molecule has 0 aliphatic carbocycles. The van der Waals surface area contributed by atoms with Crippen molar-refractivity contribution >= 4 is 37.1 Å². The first-order valence-corrected chi connectivity index (χ1v) is 24.0. The highest BCUT2D eigenvalue weighted by molar-refractivity contribution is 6.89. The van der Waals surface area contributed by atoms with Crippen LogP contribution in [0.2, 0.25) is 50.9 Å². The minimum atomic E-state index is -2.45. The van der Waals surface area contributed by atoms with Crippen molar-refractivity contribution in [3.05, 3.63) is 0 Å². The monoisotopic (exact) mass is 576 g/mol. The Labute approximate surface area is 231 Å². The number of hydrogen-bond donors (Lipinski definition) is 2. The van der Waals surface area contributed by atoms with Crippen LogP contribution in [0, 0.1) is 0 Å². The van der Waals surface area contributed by atoms with Crippen LogP contribution >= 0.6 is 0 Å². The second-order valence-electron chi connectivity index (χ2n) is 12.5. The number of carboxylic acid groups (broad SMARTS) is 2. The van der Waals surface area contributed by atoms with Gasteiger partial charge in [0.15, 0.2) is 16.6 Å². The van der Waals surface area contributed by atoms with Gasteiger partial charge in [0.1, 0.15) is 0 Å². The first kappa shape index (κ1) is 36.5. The molecule has 0 aromatic rings. The van der Waals surface area contributed by atoms with Crippen molar-refractivity contribution in [2.24, 2.45) is 0 Å². The molecule has 220 valence electrons. The Bertz CT molecular complexity index is 625. The molecule has 0 bridgehead atoms. The van der Waals surface area contributed by atoms with Crippen molar-refractivity contribution in [2.45, 2.75) is 167 Å². The van der Waals surface area contributed by atoms with Gasteiger partial charge in [-0.2, -0.15) is 0 Å². The highest BCUT2D eigenvalue weighted by Gasteiger charge is 2.45. The summed E-state index contributed by atoms with van der Waals surface area (Å²) in [6, 6.07) is 1.10. The Morgan fingerprint density at radius 3 is 1.59 bits per heavy atom. The van der Waals surface area contributed by atoms with Crippen molar-refractivity contribution in [1.82, 2.24) is 0 Å². The maximum absolute atomic E-state index is 12.2. The fourth-order valence-electron chi connectivity index (χ4n) is 5.40. The second kappa shape index (κ2) is 19.6. The molecular formula is C28H60O6Si3. The van der Waals surface area contributed by atoms with Gasteiger partial charge in [0.25, 0.3) is 0 Å². The molecule has 0 saturated carbocycles. The lowest BCUT2D eigenvalue weighted by atomic mass is 10.1. The Balaban J connectivity index is 4.43. The molecule has 0 amide bonds. The van der Waals surface area contributed by atoms with Crippen LogP contribution in [-0.4, -0.2) is 47.3 Å². The van der Waals surface area contributed by atoms with Crippen LogP contribution in [0.4, 0.5) is 0 Å². The van der Waals surface area contributed by atoms with Crippen LogP contribution in [0.5, 0.6) is 0 Å². The molecule has 1 atom stereocenters. The summed E-state index contributed by atoms with van der Waals surface area (Å²) in [5.74, 6) is -1.40. The third-order valence-electron chi connectivity index (χ3n) is 7.18. The zero-order chi connectivity index (χ0) is 28.4. The highest BCUT2D eigenvalue weighted by atomic mass is 28.5. The van der Waals surface area contributed by atoms with Gasteiger partial charge in [-0.1, -0.05) is 96.8 Å². The van der Waals surface area contributed by atoms with E-state index in [9.17, 15) is 14.7 Å². The Morgan fingerprint density at radius 2 is 1.11 bits per heavy atom. The molecule has 0 spiro atoms. The second-order valence-corrected chi connectivity index (χ2v) is 24.8. The fraction of sp³-hybridized carbons (Fsp3) is 0.929. The molecule has 37 heavy (non-hydrogen) atoms. The van der Waals surface area contributed by atoms with Gasteiger partial charge >= 0.3 is 20.5 Å². The van der Waals surface area contributed by atoms with Crippen LogP contribution in [0.15, 0.2) is 0 Å². The largest absolute Gasteiger partial charge is 0.481 e. The molecule has 0 aromatic heterocycles. The Kier molecular flexibility index (Phi) is 19.3. The molecule has 0 aromatic carbocycles. The van der Waals surface area contributed by atoms with Crippen molar-refractivity contribution in [3.8, 4) is 0 Å². The molecular weight excluding hydrogens is 517 g/mol. The van der Waals surface area contributed by atoms with Crippen LogP contribution < -0.4 is 0 Å². The van der Waals surface area contributed by atoms with Gasteiger partial charge in [0.05, 0.1) is 5.54 Å². The van der Waals surface area contributed by atoms with Crippen molar-refractivity contribution in [3.63, 3.8) is 0 Å². The molecule has 0 radical (unpaired) electrons. The third-order valence-corrected chi connectivity index (χ3v) is 19.2. The van der Waals surface area contributed by atoms with Crippen molar-refractivity contribution < 1.29 is 28.0 Å². The summed E-state index contributed by atoms with van der Waals surface area (Å²) in [4.78, 5) is 22.7. The lowest BCUT2D eigenvalue weighted by Crippen LogP contribution is -2.54. The quantitative estimate of drug-likeness (QED) is 0.0830. The summed E-state index contributed by atoms with van der Waals surface area (Å²) >= 11 is 0. The zero-order valence-electron chi connectivity index (χ0n) is 25.3. The van der Waals surface area contributed by atoms with Gasteiger partial charge in [0.2, 0.25) is 0 Å². The molecule has 2 N–H and O–H groups in total. The number of rotatable bonds is 25. The van der Waals surface area contributed by atoms with E-state index in [0.717, 1.165) is 38.1 Å². The van der Waals surface area contributed by atoms with E-state index < -0.39 is 37.1 Å². The van der Waals surface area contributed by atoms with Gasteiger partial charge in [-0.25, -0.2) is 0 Å². The zero-order valence-corrected chi connectivity index (χ0v) is 28.3. The molecule has 0 aliphatic heterocycles. The smallest absolute Gasteiger partial charge is 0.311 e. The molecule has 0 rings (SSSR count). The summed E-state index contributed by atoms with van der Waals surface area (Å²) in [6.07, 6.45) is 18.3. The Hall–Kier alpha value is -0.489. The topological polar surface area (TPSA) is 93.1 Å². The standard InChI is InChI=1S/C28H60O6Si3/c1-8-9-10-11-14-17-20-23-26(28(31)32)36(4,5)34-37(6,7)33-35(2,3)25-22-19-16-13-12-15-18-21-24-27(29)30/h26H,8-25H2,1-7H3,(H,29,30)(H,31,32). The predicted molar refractivity (Wildman–Crippen MR) is 163 cm³/mol. The van der Waals surface area contributed by atoms with Crippen molar-refractivity contribution in [1.29, 1.82) is 0 Å². The first-order valence-electron chi connectivity index (χ1n) is 15.1. The summed E-state index contributed by atoms with van der Waals surface area (Å²) in [5.41, 5.74) is -0.382. The lowest BCUT2D eigenvalue weighted by molar-refractivity contribution is -0.138. The van der Waals surface area contributed by atoms with E-state index in [0.29, 0.717) is 12.8 Å². The normalized spacial score (nSPS) is 13.6. The Morgan fingerprint density at radius 1 is 0.649 bits per heavy atom. The van der Waals surface area contributed by atoms with Crippen LogP contribution in [-0.2, 0) is 17.8 Å². The van der Waals surface area contributed by atoms with Crippen molar-refractivity contribution in [2.75, 3.05) is 0 Å². The average Bonchev–Trinajstić information content (AvgIpc) is 2.74. The number of aliphatic carboxylic acids is 2. The molecule has 0 heterocycles. The number of hydrogen-bond acceptors (Lipinski definition) is 4. The molecule has 6 nitrogen and oxygen atoms in total. The summed E-state index contributed by atoms with van der Waals surface area (Å²) in [7, 11) is -6.78. The number of unbranched alkanes of at least 4 members (excludes halogenated alkanes) is 13. The lowest BCUT2D eigenvalue weighted by Gasteiger charge is -2.40. The van der Waals surface area contributed by atoms with Gasteiger partial charge in [-0.3, -0.25) is 9.59 Å². The summed E-state index contributed by atoms with van der Waals surface area (Å²) < 4.78 is 13.4. The van der Waals surface area contributed by atoms with Crippen LogP contribution in [0.25, 0.3) is 0 Å². The van der Waals surface area contributed by atoms with E-state index in [-0.39, 0.29) is 5.54 Å². The third kappa shape index (κ3) is 20.1. The van der Waals surface area contributed by atoms with E-state index in [2.05, 4.69) is 46.2 Å². The SMILES string of the molecule is CCCCCCCCCC(C(=O)O)[Si](C)(C)O[Si](C)(C)O[Si](C)(C)CCCCCCCCCCC(=O)O. The summed E-state index contributed by atoms with van der Waals surface area (Å²) in [6.45, 7) is 15.1. The maximum atomic E-state index is 12.2. The highest BCUT2D eigenvalue weighted by Crippen LogP contribution is 2.34. The average molecular weight is 577 g/mol. The van der Waals surface area contributed by atoms with Gasteiger partial charge < -0.3 is 18.4 Å². The first-order chi connectivity index (χ1) is 17.2. The van der Waals surface area contributed by atoms with E-state index in [1.165, 1.54) is 64.2 Å². The van der Waals surface area contributed by atoms with Gasteiger partial charge in [-0.15, -0.1) is 0 Å². The van der Waals surface area contributed by atoms with Crippen LogP contribution in [0.1, 0.15) is 116 Å².